The first-order chi connectivity index (χ1) is 14.3. The first-order valence-corrected chi connectivity index (χ1v) is 10.2. The molecule has 1 aromatic carbocycles. The molecule has 30 heavy (non-hydrogen) atoms. The van der Waals surface area contributed by atoms with Gasteiger partial charge in [0.1, 0.15) is 11.3 Å². The van der Waals surface area contributed by atoms with Crippen molar-refractivity contribution in [2.45, 2.75) is 58.2 Å². The molecule has 1 amide bonds. The molecule has 1 fully saturated rings. The van der Waals surface area contributed by atoms with E-state index in [4.69, 9.17) is 0 Å². The fourth-order valence-electron chi connectivity index (χ4n) is 4.01. The van der Waals surface area contributed by atoms with Gasteiger partial charge in [-0.1, -0.05) is 12.1 Å². The number of amides is 1. The van der Waals surface area contributed by atoms with Gasteiger partial charge in [-0.3, -0.25) is 4.79 Å². The number of nitrogens with zero attached hydrogens (tertiary/aromatic N) is 7. The molecule has 3 heterocycles. The maximum atomic E-state index is 13.5. The van der Waals surface area contributed by atoms with Crippen molar-refractivity contribution in [1.82, 2.24) is 34.9 Å². The molecule has 0 radical (unpaired) electrons. The topological polar surface area (TPSA) is 102 Å². The summed E-state index contributed by atoms with van der Waals surface area (Å²) >= 11 is 0. The average molecular weight is 409 g/mol. The van der Waals surface area contributed by atoms with Crippen LogP contribution in [0.1, 0.15) is 61.4 Å². The SMILES string of the molecule is Cc1nn([C@@H]2CC[C@@H](C)N(C(=O)c3ccccc3-n3nccn3)C2)nc1C(C)(C)O. The van der Waals surface area contributed by atoms with Crippen molar-refractivity contribution in [1.29, 1.82) is 0 Å². The number of rotatable bonds is 4. The molecule has 1 saturated heterocycles. The molecule has 158 valence electrons. The number of aliphatic hydroxyl groups is 1. The molecule has 1 aliphatic heterocycles. The lowest BCUT2D eigenvalue weighted by Gasteiger charge is -2.37. The third-order valence-corrected chi connectivity index (χ3v) is 5.59. The summed E-state index contributed by atoms with van der Waals surface area (Å²) in [6.45, 7) is 7.81. The van der Waals surface area contributed by atoms with Crippen molar-refractivity contribution in [3.8, 4) is 5.69 Å². The highest BCUT2D eigenvalue weighted by Crippen LogP contribution is 2.29. The normalized spacial score (nSPS) is 19.8. The van der Waals surface area contributed by atoms with E-state index in [1.807, 2.05) is 30.0 Å². The fourth-order valence-corrected chi connectivity index (χ4v) is 4.01. The first kappa shape index (κ1) is 20.2. The summed E-state index contributed by atoms with van der Waals surface area (Å²) in [6, 6.07) is 7.41. The van der Waals surface area contributed by atoms with Crippen LogP contribution >= 0.6 is 0 Å². The largest absolute Gasteiger partial charge is 0.384 e. The van der Waals surface area contributed by atoms with E-state index >= 15 is 0 Å². The Morgan fingerprint density at radius 2 is 1.83 bits per heavy atom. The number of hydrogen-bond donors (Lipinski definition) is 1. The molecule has 3 aromatic rings. The molecule has 0 spiro atoms. The lowest BCUT2D eigenvalue weighted by atomic mass is 9.98. The summed E-state index contributed by atoms with van der Waals surface area (Å²) in [4.78, 5) is 18.5. The van der Waals surface area contributed by atoms with E-state index in [2.05, 4.69) is 27.3 Å². The summed E-state index contributed by atoms with van der Waals surface area (Å²) in [6.07, 6.45) is 4.89. The Bertz CT molecular complexity index is 1040. The van der Waals surface area contributed by atoms with Crippen molar-refractivity contribution in [2.75, 3.05) is 6.54 Å². The highest BCUT2D eigenvalue weighted by atomic mass is 16.3. The van der Waals surface area contributed by atoms with Crippen LogP contribution in [0, 0.1) is 6.92 Å². The number of likely N-dealkylation sites (tertiary alicyclic amines) is 1. The van der Waals surface area contributed by atoms with E-state index in [0.29, 0.717) is 29.2 Å². The molecule has 9 nitrogen and oxygen atoms in total. The smallest absolute Gasteiger partial charge is 0.256 e. The predicted molar refractivity (Wildman–Crippen MR) is 110 cm³/mol. The highest BCUT2D eigenvalue weighted by molar-refractivity contribution is 5.98. The lowest BCUT2D eigenvalue weighted by molar-refractivity contribution is 0.0533. The van der Waals surface area contributed by atoms with Crippen LogP contribution in [0.2, 0.25) is 0 Å². The van der Waals surface area contributed by atoms with Gasteiger partial charge in [0, 0.05) is 12.6 Å². The zero-order valence-electron chi connectivity index (χ0n) is 17.7. The van der Waals surface area contributed by atoms with Crippen LogP contribution in [0.15, 0.2) is 36.7 Å². The molecule has 2 atom stereocenters. The Morgan fingerprint density at radius 3 is 2.50 bits per heavy atom. The average Bonchev–Trinajstić information content (AvgIpc) is 3.37. The van der Waals surface area contributed by atoms with Gasteiger partial charge in [-0.2, -0.15) is 30.0 Å². The van der Waals surface area contributed by atoms with E-state index in [-0.39, 0.29) is 18.0 Å². The van der Waals surface area contributed by atoms with Crippen molar-refractivity contribution >= 4 is 5.91 Å². The number of carbonyl (C=O) groups excluding carboxylic acids is 1. The second kappa shape index (κ2) is 7.64. The van der Waals surface area contributed by atoms with Crippen LogP contribution in [0.4, 0.5) is 0 Å². The Morgan fingerprint density at radius 1 is 1.13 bits per heavy atom. The molecule has 1 aliphatic rings. The van der Waals surface area contributed by atoms with Gasteiger partial charge in [0.05, 0.1) is 35.4 Å². The molecular formula is C21H27N7O2. The van der Waals surface area contributed by atoms with Crippen molar-refractivity contribution < 1.29 is 9.90 Å². The van der Waals surface area contributed by atoms with Crippen LogP contribution < -0.4 is 0 Å². The summed E-state index contributed by atoms with van der Waals surface area (Å²) in [5.74, 6) is -0.0633. The van der Waals surface area contributed by atoms with Gasteiger partial charge in [0.15, 0.2) is 0 Å². The van der Waals surface area contributed by atoms with Crippen LogP contribution in [0.25, 0.3) is 5.69 Å². The monoisotopic (exact) mass is 409 g/mol. The van der Waals surface area contributed by atoms with E-state index < -0.39 is 5.60 Å². The van der Waals surface area contributed by atoms with E-state index in [1.54, 1.807) is 37.1 Å². The minimum atomic E-state index is -1.06. The quantitative estimate of drug-likeness (QED) is 0.709. The maximum absolute atomic E-state index is 13.5. The number of piperidine rings is 1. The van der Waals surface area contributed by atoms with E-state index in [1.165, 1.54) is 4.80 Å². The second-order valence-corrected chi connectivity index (χ2v) is 8.39. The van der Waals surface area contributed by atoms with Gasteiger partial charge in [-0.25, -0.2) is 0 Å². The number of aryl methyl sites for hydroxylation is 1. The second-order valence-electron chi connectivity index (χ2n) is 8.39. The number of para-hydroxylation sites is 1. The molecular weight excluding hydrogens is 382 g/mol. The number of benzene rings is 1. The Hall–Kier alpha value is -3.07. The summed E-state index contributed by atoms with van der Waals surface area (Å²) in [7, 11) is 0. The standard InChI is InChI=1S/C21H27N7O2/c1-14-9-10-16(27-24-15(2)19(25-27)21(3,4)30)13-26(14)20(29)17-7-5-6-8-18(17)28-22-11-12-23-28/h5-8,11-12,14,16,30H,9-10,13H2,1-4H3/t14-,16-/m1/s1. The van der Waals surface area contributed by atoms with E-state index in [9.17, 15) is 9.90 Å². The fraction of sp³-hybridized carbons (Fsp3) is 0.476. The zero-order valence-corrected chi connectivity index (χ0v) is 17.7. The lowest BCUT2D eigenvalue weighted by Crippen LogP contribution is -2.46. The third kappa shape index (κ3) is 3.72. The molecule has 2 aromatic heterocycles. The van der Waals surface area contributed by atoms with Crippen molar-refractivity contribution in [2.24, 2.45) is 0 Å². The van der Waals surface area contributed by atoms with Crippen molar-refractivity contribution in [3.05, 3.63) is 53.6 Å². The van der Waals surface area contributed by atoms with Crippen LogP contribution in [-0.2, 0) is 5.60 Å². The van der Waals surface area contributed by atoms with Gasteiger partial charge in [-0.05, 0) is 52.7 Å². The Balaban J connectivity index is 1.62. The summed E-state index contributed by atoms with van der Waals surface area (Å²) < 4.78 is 0. The van der Waals surface area contributed by atoms with E-state index in [0.717, 1.165) is 12.8 Å². The number of hydrogen-bond acceptors (Lipinski definition) is 6. The van der Waals surface area contributed by atoms with Crippen LogP contribution in [0.5, 0.6) is 0 Å². The highest BCUT2D eigenvalue weighted by Gasteiger charge is 2.34. The molecule has 0 unspecified atom stereocenters. The van der Waals surface area contributed by atoms with Crippen LogP contribution in [-0.4, -0.2) is 58.5 Å². The molecule has 0 saturated carbocycles. The molecule has 9 heteroatoms. The molecule has 0 aliphatic carbocycles. The van der Waals surface area contributed by atoms with Crippen molar-refractivity contribution in [3.63, 3.8) is 0 Å². The Kier molecular flexibility index (Phi) is 5.15. The molecule has 1 N–H and O–H groups in total. The Labute approximate surface area is 175 Å². The molecule has 4 rings (SSSR count). The van der Waals surface area contributed by atoms with Crippen LogP contribution in [0.3, 0.4) is 0 Å². The third-order valence-electron chi connectivity index (χ3n) is 5.59. The summed E-state index contributed by atoms with van der Waals surface area (Å²) in [5, 5.41) is 27.8. The van der Waals surface area contributed by atoms with Gasteiger partial charge >= 0.3 is 0 Å². The molecule has 0 bridgehead atoms. The zero-order chi connectivity index (χ0) is 21.5. The van der Waals surface area contributed by atoms with Gasteiger partial charge in [0.25, 0.3) is 5.91 Å². The number of aromatic nitrogens is 6. The van der Waals surface area contributed by atoms with Gasteiger partial charge < -0.3 is 10.0 Å². The minimum Gasteiger partial charge on any atom is -0.384 e. The predicted octanol–water partition coefficient (Wildman–Crippen LogP) is 2.26. The first-order valence-electron chi connectivity index (χ1n) is 10.2. The summed E-state index contributed by atoms with van der Waals surface area (Å²) in [5.41, 5.74) is 1.42. The minimum absolute atomic E-state index is 0.0464. The van der Waals surface area contributed by atoms with Gasteiger partial charge in [0.2, 0.25) is 0 Å². The number of carbonyl (C=O) groups is 1. The van der Waals surface area contributed by atoms with Gasteiger partial charge in [-0.15, -0.1) is 0 Å². The maximum Gasteiger partial charge on any atom is 0.256 e.